The monoisotopic (exact) mass is 318 g/mol. The molecule has 0 radical (unpaired) electrons. The zero-order chi connectivity index (χ0) is 16.4. The van der Waals surface area contributed by atoms with Crippen LogP contribution in [0.3, 0.4) is 0 Å². The minimum Gasteiger partial charge on any atom is -0.354 e. The van der Waals surface area contributed by atoms with E-state index in [0.29, 0.717) is 6.04 Å². The van der Waals surface area contributed by atoms with Crippen LogP contribution in [0.5, 0.6) is 0 Å². The van der Waals surface area contributed by atoms with Gasteiger partial charge in [0.25, 0.3) is 0 Å². The van der Waals surface area contributed by atoms with Gasteiger partial charge >= 0.3 is 0 Å². The number of piperazine rings is 1. The Morgan fingerprint density at radius 1 is 0.875 bits per heavy atom. The van der Waals surface area contributed by atoms with Gasteiger partial charge in [-0.3, -0.25) is 9.88 Å². The fraction of sp³-hybridized carbons (Fsp3) is 0.300. The standard InChI is InChI=1S/C20H22N4/c1-16(18-7-4-5-11-21-18)23-12-14-24(15-13-23)20-10-9-17-6-2-3-8-19(17)22-20/h2-11,16H,12-15H2,1H3. The summed E-state index contributed by atoms with van der Waals surface area (Å²) >= 11 is 0. The second kappa shape index (κ2) is 6.57. The van der Waals surface area contributed by atoms with Crippen molar-refractivity contribution in [2.24, 2.45) is 0 Å². The lowest BCUT2D eigenvalue weighted by Crippen LogP contribution is -2.47. The van der Waals surface area contributed by atoms with Crippen molar-refractivity contribution in [3.05, 3.63) is 66.5 Å². The molecule has 2 aromatic heterocycles. The smallest absolute Gasteiger partial charge is 0.129 e. The third kappa shape index (κ3) is 2.97. The van der Waals surface area contributed by atoms with Crippen molar-refractivity contribution in [2.75, 3.05) is 31.1 Å². The number of para-hydroxylation sites is 1. The maximum Gasteiger partial charge on any atom is 0.129 e. The van der Waals surface area contributed by atoms with Gasteiger partial charge in [-0.1, -0.05) is 24.3 Å². The fourth-order valence-electron chi connectivity index (χ4n) is 3.38. The van der Waals surface area contributed by atoms with Gasteiger partial charge in [-0.25, -0.2) is 4.98 Å². The highest BCUT2D eigenvalue weighted by Crippen LogP contribution is 2.23. The van der Waals surface area contributed by atoms with Crippen LogP contribution >= 0.6 is 0 Å². The van der Waals surface area contributed by atoms with E-state index in [1.807, 2.05) is 18.3 Å². The quantitative estimate of drug-likeness (QED) is 0.740. The molecule has 0 N–H and O–H groups in total. The van der Waals surface area contributed by atoms with E-state index in [0.717, 1.165) is 43.2 Å². The number of nitrogens with zero attached hydrogens (tertiary/aromatic N) is 4. The summed E-state index contributed by atoms with van der Waals surface area (Å²) in [4.78, 5) is 14.2. The molecule has 4 rings (SSSR count). The van der Waals surface area contributed by atoms with Crippen LogP contribution in [0, 0.1) is 0 Å². The molecule has 1 aliphatic heterocycles. The molecule has 0 aliphatic carbocycles. The fourth-order valence-corrected chi connectivity index (χ4v) is 3.38. The van der Waals surface area contributed by atoms with Gasteiger partial charge in [-0.2, -0.15) is 0 Å². The average molecular weight is 318 g/mol. The van der Waals surface area contributed by atoms with E-state index in [1.54, 1.807) is 0 Å². The lowest BCUT2D eigenvalue weighted by Gasteiger charge is -2.38. The second-order valence-corrected chi connectivity index (χ2v) is 6.32. The van der Waals surface area contributed by atoms with Gasteiger partial charge in [0.1, 0.15) is 5.82 Å². The zero-order valence-electron chi connectivity index (χ0n) is 14.0. The predicted molar refractivity (Wildman–Crippen MR) is 98.2 cm³/mol. The molecule has 122 valence electrons. The number of rotatable bonds is 3. The number of hydrogen-bond acceptors (Lipinski definition) is 4. The molecule has 0 bridgehead atoms. The van der Waals surface area contributed by atoms with E-state index in [9.17, 15) is 0 Å². The number of fused-ring (bicyclic) bond motifs is 1. The van der Waals surface area contributed by atoms with Gasteiger partial charge in [0.05, 0.1) is 11.2 Å². The number of aromatic nitrogens is 2. The molecule has 1 aromatic carbocycles. The number of pyridine rings is 2. The summed E-state index contributed by atoms with van der Waals surface area (Å²) in [6.07, 6.45) is 1.88. The Kier molecular flexibility index (Phi) is 4.13. The Morgan fingerprint density at radius 3 is 2.46 bits per heavy atom. The van der Waals surface area contributed by atoms with E-state index in [4.69, 9.17) is 4.98 Å². The van der Waals surface area contributed by atoms with Gasteiger partial charge in [-0.15, -0.1) is 0 Å². The van der Waals surface area contributed by atoms with Gasteiger partial charge in [0.2, 0.25) is 0 Å². The minimum atomic E-state index is 0.359. The van der Waals surface area contributed by atoms with Gasteiger partial charge < -0.3 is 4.90 Å². The summed E-state index contributed by atoms with van der Waals surface area (Å²) in [7, 11) is 0. The SMILES string of the molecule is CC(c1ccccn1)N1CCN(c2ccc3ccccc3n2)CC1. The molecule has 4 heteroatoms. The molecule has 3 aromatic rings. The Balaban J connectivity index is 1.45. The Bertz CT molecular complexity index is 810. The lowest BCUT2D eigenvalue weighted by atomic mass is 10.1. The summed E-state index contributed by atoms with van der Waals surface area (Å²) in [5.74, 6) is 1.08. The highest BCUT2D eigenvalue weighted by molar-refractivity contribution is 5.80. The summed E-state index contributed by atoms with van der Waals surface area (Å²) in [6, 6.07) is 19.1. The van der Waals surface area contributed by atoms with Crippen molar-refractivity contribution in [3.8, 4) is 0 Å². The van der Waals surface area contributed by atoms with Crippen molar-refractivity contribution in [3.63, 3.8) is 0 Å². The molecule has 1 saturated heterocycles. The molecular weight excluding hydrogens is 296 g/mol. The Labute approximate surface area is 142 Å². The minimum absolute atomic E-state index is 0.359. The van der Waals surface area contributed by atoms with Crippen molar-refractivity contribution in [1.82, 2.24) is 14.9 Å². The first-order valence-corrected chi connectivity index (χ1v) is 8.57. The molecule has 24 heavy (non-hydrogen) atoms. The third-order valence-electron chi connectivity index (χ3n) is 4.89. The van der Waals surface area contributed by atoms with Crippen LogP contribution in [0.25, 0.3) is 10.9 Å². The maximum absolute atomic E-state index is 4.82. The van der Waals surface area contributed by atoms with Crippen molar-refractivity contribution in [1.29, 1.82) is 0 Å². The van der Waals surface area contributed by atoms with E-state index in [1.165, 1.54) is 5.39 Å². The first-order chi connectivity index (χ1) is 11.8. The van der Waals surface area contributed by atoms with Crippen molar-refractivity contribution < 1.29 is 0 Å². The van der Waals surface area contributed by atoms with Crippen molar-refractivity contribution in [2.45, 2.75) is 13.0 Å². The first-order valence-electron chi connectivity index (χ1n) is 8.57. The van der Waals surface area contributed by atoms with Crippen molar-refractivity contribution >= 4 is 16.7 Å². The van der Waals surface area contributed by atoms with Crippen LogP contribution < -0.4 is 4.90 Å². The van der Waals surface area contributed by atoms with Crippen LogP contribution in [0.4, 0.5) is 5.82 Å². The normalized spacial score (nSPS) is 17.1. The van der Waals surface area contributed by atoms with E-state index < -0.39 is 0 Å². The predicted octanol–water partition coefficient (Wildman–Crippen LogP) is 3.51. The molecule has 1 fully saturated rings. The van der Waals surface area contributed by atoms with Crippen LogP contribution in [0.2, 0.25) is 0 Å². The van der Waals surface area contributed by atoms with Crippen LogP contribution in [0.15, 0.2) is 60.8 Å². The Hall–Kier alpha value is -2.46. The Morgan fingerprint density at radius 2 is 1.67 bits per heavy atom. The molecule has 1 unspecified atom stereocenters. The largest absolute Gasteiger partial charge is 0.354 e. The van der Waals surface area contributed by atoms with Crippen LogP contribution in [-0.2, 0) is 0 Å². The summed E-state index contributed by atoms with van der Waals surface area (Å²) < 4.78 is 0. The zero-order valence-corrected chi connectivity index (χ0v) is 14.0. The summed E-state index contributed by atoms with van der Waals surface area (Å²) in [5, 5.41) is 1.20. The third-order valence-corrected chi connectivity index (χ3v) is 4.89. The van der Waals surface area contributed by atoms with Crippen LogP contribution in [0.1, 0.15) is 18.7 Å². The first kappa shape index (κ1) is 15.1. The molecular formula is C20H22N4. The van der Waals surface area contributed by atoms with Gasteiger partial charge in [0.15, 0.2) is 0 Å². The van der Waals surface area contributed by atoms with E-state index in [-0.39, 0.29) is 0 Å². The van der Waals surface area contributed by atoms with E-state index >= 15 is 0 Å². The molecule has 0 spiro atoms. The summed E-state index contributed by atoms with van der Waals surface area (Å²) in [5.41, 5.74) is 2.22. The lowest BCUT2D eigenvalue weighted by molar-refractivity contribution is 0.195. The molecule has 1 aliphatic rings. The second-order valence-electron chi connectivity index (χ2n) is 6.32. The van der Waals surface area contributed by atoms with Crippen LogP contribution in [-0.4, -0.2) is 41.0 Å². The molecule has 1 atom stereocenters. The topological polar surface area (TPSA) is 32.3 Å². The number of benzene rings is 1. The van der Waals surface area contributed by atoms with E-state index in [2.05, 4.69) is 64.2 Å². The van der Waals surface area contributed by atoms with Gasteiger partial charge in [-0.05, 0) is 37.3 Å². The number of hydrogen-bond donors (Lipinski definition) is 0. The number of anilines is 1. The molecule has 4 nitrogen and oxygen atoms in total. The maximum atomic E-state index is 4.82. The molecule has 0 amide bonds. The van der Waals surface area contributed by atoms with Gasteiger partial charge in [0, 0.05) is 43.8 Å². The highest BCUT2D eigenvalue weighted by atomic mass is 15.3. The summed E-state index contributed by atoms with van der Waals surface area (Å²) in [6.45, 7) is 6.32. The molecule has 0 saturated carbocycles. The highest BCUT2D eigenvalue weighted by Gasteiger charge is 2.23. The average Bonchev–Trinajstić information content (AvgIpc) is 2.68. The molecule has 3 heterocycles.